The molecule has 0 saturated carbocycles. The van der Waals surface area contributed by atoms with Crippen LogP contribution < -0.4 is 15.4 Å². The van der Waals surface area contributed by atoms with Gasteiger partial charge in [-0.3, -0.25) is 5.32 Å². The number of rotatable bonds is 6. The van der Waals surface area contributed by atoms with Gasteiger partial charge in [-0.05, 0) is 79.6 Å². The van der Waals surface area contributed by atoms with Crippen LogP contribution in [0.1, 0.15) is 47.4 Å². The minimum absolute atomic E-state index is 0.213. The second kappa shape index (κ2) is 12.8. The van der Waals surface area contributed by atoms with Gasteiger partial charge in [0.2, 0.25) is 0 Å². The zero-order valence-corrected chi connectivity index (χ0v) is 27.9. The van der Waals surface area contributed by atoms with E-state index < -0.39 is 0 Å². The van der Waals surface area contributed by atoms with E-state index in [1.165, 1.54) is 49.0 Å². The number of nitrogens with zero attached hydrogens (tertiary/aromatic N) is 1. The molecule has 1 aliphatic carbocycles. The summed E-state index contributed by atoms with van der Waals surface area (Å²) in [5.41, 5.74) is 8.14. The van der Waals surface area contributed by atoms with Gasteiger partial charge in [0, 0.05) is 16.7 Å². The number of fused-ring (bicyclic) bond motifs is 4. The molecule has 0 bridgehead atoms. The highest BCUT2D eigenvalue weighted by atomic mass is 16.5. The fourth-order valence-corrected chi connectivity index (χ4v) is 7.63. The van der Waals surface area contributed by atoms with Gasteiger partial charge in [0.05, 0.1) is 7.11 Å². The Morgan fingerprint density at radius 1 is 0.660 bits per heavy atom. The van der Waals surface area contributed by atoms with Crippen molar-refractivity contribution >= 4 is 43.7 Å². The van der Waals surface area contributed by atoms with E-state index in [4.69, 9.17) is 9.73 Å². The van der Waals surface area contributed by atoms with Crippen LogP contribution in [0.3, 0.4) is 0 Å². The van der Waals surface area contributed by atoms with Crippen molar-refractivity contribution < 1.29 is 4.74 Å². The van der Waals surface area contributed by atoms with Gasteiger partial charge in [-0.2, -0.15) is 0 Å². The molecule has 9 rings (SSSR count). The van der Waals surface area contributed by atoms with E-state index >= 15 is 0 Å². The summed E-state index contributed by atoms with van der Waals surface area (Å²) >= 11 is 0. The molecule has 0 fully saturated rings. The zero-order chi connectivity index (χ0) is 33.4. The Hall–Kier alpha value is -5.97. The van der Waals surface area contributed by atoms with Crippen molar-refractivity contribution in [2.45, 2.75) is 25.2 Å². The molecule has 0 amide bonds. The average molecular weight is 648 g/mol. The number of nitrogens with one attached hydrogen (secondary N) is 2. The lowest BCUT2D eigenvalue weighted by Crippen LogP contribution is -2.45. The third kappa shape index (κ3) is 5.44. The molecule has 2 aliphatic rings. The molecule has 50 heavy (non-hydrogen) atoms. The second-order valence-electron chi connectivity index (χ2n) is 13.1. The van der Waals surface area contributed by atoms with Crippen molar-refractivity contribution in [3.63, 3.8) is 0 Å². The molecule has 0 spiro atoms. The van der Waals surface area contributed by atoms with E-state index in [9.17, 15) is 0 Å². The molecular formula is C46H37N3O. The zero-order valence-electron chi connectivity index (χ0n) is 27.9. The highest BCUT2D eigenvalue weighted by molar-refractivity contribution is 6.10. The fourth-order valence-electron chi connectivity index (χ4n) is 7.63. The molecule has 0 radical (unpaired) electrons. The Morgan fingerprint density at radius 3 is 2.20 bits per heavy atom. The highest BCUT2D eigenvalue weighted by Crippen LogP contribution is 2.38. The van der Waals surface area contributed by atoms with Crippen LogP contribution in [0.4, 0.5) is 0 Å². The molecule has 1 heterocycles. The Labute approximate surface area is 292 Å². The van der Waals surface area contributed by atoms with Gasteiger partial charge in [0.1, 0.15) is 23.9 Å². The van der Waals surface area contributed by atoms with Crippen LogP contribution >= 0.6 is 0 Å². The number of allylic oxidation sites excluding steroid dienone is 4. The van der Waals surface area contributed by atoms with Gasteiger partial charge in [-0.15, -0.1) is 0 Å². The molecule has 7 aromatic rings. The summed E-state index contributed by atoms with van der Waals surface area (Å²) in [6, 6.07) is 50.0. The lowest BCUT2D eigenvalue weighted by molar-refractivity contribution is 0.396. The molecule has 0 saturated heterocycles. The van der Waals surface area contributed by atoms with Crippen LogP contribution in [0.5, 0.6) is 5.75 Å². The second-order valence-corrected chi connectivity index (χ2v) is 13.1. The molecular weight excluding hydrogens is 611 g/mol. The number of hydrogen-bond donors (Lipinski definition) is 2. The normalized spacial score (nSPS) is 17.4. The summed E-state index contributed by atoms with van der Waals surface area (Å²) in [4.78, 5) is 5.34. The molecule has 242 valence electrons. The van der Waals surface area contributed by atoms with Gasteiger partial charge in [0.15, 0.2) is 0 Å². The number of methoxy groups -OCH3 is 1. The van der Waals surface area contributed by atoms with E-state index in [1.807, 2.05) is 0 Å². The maximum absolute atomic E-state index is 5.97. The van der Waals surface area contributed by atoms with Gasteiger partial charge in [-0.25, -0.2) is 4.99 Å². The first-order chi connectivity index (χ1) is 24.7. The fraction of sp³-hybridized carbons (Fsp3) is 0.109. The number of aliphatic imine (C=N–C) groups is 1. The summed E-state index contributed by atoms with van der Waals surface area (Å²) in [6.07, 6.45) is 8.09. The van der Waals surface area contributed by atoms with Crippen molar-refractivity contribution in [2.24, 2.45) is 4.99 Å². The van der Waals surface area contributed by atoms with Crippen molar-refractivity contribution in [3.05, 3.63) is 180 Å². The minimum atomic E-state index is -0.274. The predicted molar refractivity (Wildman–Crippen MR) is 208 cm³/mol. The first-order valence-corrected chi connectivity index (χ1v) is 17.4. The molecule has 4 heteroatoms. The number of benzene rings is 7. The van der Waals surface area contributed by atoms with Crippen molar-refractivity contribution in [2.75, 3.05) is 7.11 Å². The number of hydrogen-bond acceptors (Lipinski definition) is 4. The van der Waals surface area contributed by atoms with Gasteiger partial charge in [0.25, 0.3) is 0 Å². The maximum Gasteiger partial charge on any atom is 0.131 e. The van der Waals surface area contributed by atoms with Crippen LogP contribution in [0.15, 0.2) is 163 Å². The largest absolute Gasteiger partial charge is 0.496 e. The van der Waals surface area contributed by atoms with Crippen LogP contribution in [0.25, 0.3) is 49.0 Å². The van der Waals surface area contributed by atoms with Gasteiger partial charge in [-0.1, -0.05) is 146 Å². The van der Waals surface area contributed by atoms with Crippen molar-refractivity contribution in [1.82, 2.24) is 10.6 Å². The van der Waals surface area contributed by atoms with Gasteiger partial charge >= 0.3 is 0 Å². The Bertz CT molecular complexity index is 2490. The summed E-state index contributed by atoms with van der Waals surface area (Å²) in [5.74, 6) is 1.74. The van der Waals surface area contributed by atoms with Gasteiger partial charge < -0.3 is 10.1 Å². The van der Waals surface area contributed by atoms with E-state index in [-0.39, 0.29) is 12.3 Å². The number of ether oxygens (including phenoxy) is 1. The van der Waals surface area contributed by atoms with E-state index in [0.29, 0.717) is 0 Å². The predicted octanol–water partition coefficient (Wildman–Crippen LogP) is 10.9. The van der Waals surface area contributed by atoms with Crippen molar-refractivity contribution in [3.8, 4) is 16.9 Å². The Morgan fingerprint density at radius 2 is 1.38 bits per heavy atom. The summed E-state index contributed by atoms with van der Waals surface area (Å²) in [7, 11) is 1.76. The molecule has 7 aromatic carbocycles. The van der Waals surface area contributed by atoms with Crippen LogP contribution in [0, 0.1) is 0 Å². The maximum atomic E-state index is 5.97. The molecule has 4 nitrogen and oxygen atoms in total. The van der Waals surface area contributed by atoms with Crippen LogP contribution in [0.2, 0.25) is 0 Å². The Balaban J connectivity index is 1.15. The quantitative estimate of drug-likeness (QED) is 0.177. The van der Waals surface area contributed by atoms with Crippen LogP contribution in [-0.4, -0.2) is 12.9 Å². The van der Waals surface area contributed by atoms with E-state index in [2.05, 4.69) is 168 Å². The topological polar surface area (TPSA) is 45.6 Å². The minimum Gasteiger partial charge on any atom is -0.496 e. The van der Waals surface area contributed by atoms with Crippen molar-refractivity contribution in [1.29, 1.82) is 0 Å². The molecule has 1 aliphatic heterocycles. The standard InChI is InChI=1S/C46H37N3O/c1-50-42-20-10-19-41(43(42)33-13-3-2-4-14-33)46-48-44(34-24-21-32(22-25-34)39-18-9-15-30-11-5-7-16-37(30)39)47-45(49-46)36-27-28-40-35(29-36)26-23-31-12-6-8-17-38(31)40/h2-3,5-13,15-29,44,46,48H,4,14H2,1H3,(H,47,49). The average Bonchev–Trinajstić information content (AvgIpc) is 3.20. The lowest BCUT2D eigenvalue weighted by Gasteiger charge is -2.34. The summed E-state index contributed by atoms with van der Waals surface area (Å²) < 4.78 is 5.97. The monoisotopic (exact) mass is 647 g/mol. The third-order valence-electron chi connectivity index (χ3n) is 10.1. The summed E-state index contributed by atoms with van der Waals surface area (Å²) in [6.45, 7) is 0. The molecule has 2 atom stereocenters. The smallest absolute Gasteiger partial charge is 0.131 e. The first-order valence-electron chi connectivity index (χ1n) is 17.4. The SMILES string of the molecule is COc1cccc(C2NC(c3ccc4c(ccc5ccccc54)c3)=NC(c3ccc(-c4cccc5ccccc45)cc3)N2)c1C1=CC=CCC1. The third-order valence-corrected chi connectivity index (χ3v) is 10.1. The van der Waals surface area contributed by atoms with Crippen LogP contribution in [-0.2, 0) is 0 Å². The highest BCUT2D eigenvalue weighted by Gasteiger charge is 2.29. The molecule has 2 unspecified atom stereocenters. The molecule has 2 N–H and O–H groups in total. The molecule has 0 aromatic heterocycles. The van der Waals surface area contributed by atoms with E-state index in [0.717, 1.165) is 46.7 Å². The first kappa shape index (κ1) is 30.1. The summed E-state index contributed by atoms with van der Waals surface area (Å²) in [5, 5.41) is 15.1. The van der Waals surface area contributed by atoms with E-state index in [1.54, 1.807) is 7.11 Å². The number of amidine groups is 1. The Kier molecular flexibility index (Phi) is 7.72. The lowest BCUT2D eigenvalue weighted by atomic mass is 9.90.